The van der Waals surface area contributed by atoms with Crippen LogP contribution >= 0.6 is 11.6 Å². The number of rotatable bonds is 4. The van der Waals surface area contributed by atoms with E-state index in [1.165, 1.54) is 0 Å². The molecule has 1 heterocycles. The van der Waals surface area contributed by atoms with Crippen LogP contribution < -0.4 is 0 Å². The fourth-order valence-corrected chi connectivity index (χ4v) is 1.00. The second kappa shape index (κ2) is 4.19. The lowest BCUT2D eigenvalue weighted by Gasteiger charge is -1.91. The van der Waals surface area contributed by atoms with Crippen LogP contribution in [0, 0.1) is 0 Å². The van der Waals surface area contributed by atoms with Gasteiger partial charge in [-0.15, -0.1) is 0 Å². The van der Waals surface area contributed by atoms with Gasteiger partial charge in [0.05, 0.1) is 12.5 Å². The second-order valence-corrected chi connectivity index (χ2v) is 2.76. The van der Waals surface area contributed by atoms with Gasteiger partial charge in [-0.05, 0) is 36.1 Å². The van der Waals surface area contributed by atoms with Crippen LogP contribution in [0.2, 0.25) is 0 Å². The number of halogens is 1. The largest absolute Gasteiger partial charge is 0.472 e. The van der Waals surface area contributed by atoms with E-state index in [2.05, 4.69) is 0 Å². The lowest BCUT2D eigenvalue weighted by atomic mass is 10.1. The van der Waals surface area contributed by atoms with Crippen LogP contribution in [0.4, 0.5) is 0 Å². The molecule has 0 aliphatic carbocycles. The van der Waals surface area contributed by atoms with E-state index in [4.69, 9.17) is 16.0 Å². The molecule has 3 heteroatoms. The molecular weight excluding hydrogens is 164 g/mol. The van der Waals surface area contributed by atoms with Crippen molar-refractivity contribution in [3.8, 4) is 0 Å². The highest BCUT2D eigenvalue weighted by molar-refractivity contribution is 6.63. The minimum Gasteiger partial charge on any atom is -0.472 e. The van der Waals surface area contributed by atoms with Crippen molar-refractivity contribution in [1.29, 1.82) is 0 Å². The van der Waals surface area contributed by atoms with Gasteiger partial charge in [-0.3, -0.25) is 4.79 Å². The zero-order valence-corrected chi connectivity index (χ0v) is 6.80. The van der Waals surface area contributed by atoms with Crippen LogP contribution in [0.3, 0.4) is 0 Å². The number of aryl methyl sites for hydroxylation is 1. The topological polar surface area (TPSA) is 30.2 Å². The summed E-state index contributed by atoms with van der Waals surface area (Å²) in [7, 11) is 0. The second-order valence-electron chi connectivity index (χ2n) is 2.34. The van der Waals surface area contributed by atoms with Gasteiger partial charge in [0, 0.05) is 6.42 Å². The first-order valence-electron chi connectivity index (χ1n) is 3.48. The van der Waals surface area contributed by atoms with E-state index in [0.717, 1.165) is 18.4 Å². The zero-order valence-electron chi connectivity index (χ0n) is 6.05. The van der Waals surface area contributed by atoms with Crippen LogP contribution in [0.5, 0.6) is 0 Å². The Balaban J connectivity index is 2.19. The molecule has 2 nitrogen and oxygen atoms in total. The van der Waals surface area contributed by atoms with E-state index in [-0.39, 0.29) is 5.24 Å². The highest BCUT2D eigenvalue weighted by Crippen LogP contribution is 2.06. The number of hydrogen-bond acceptors (Lipinski definition) is 2. The molecule has 0 spiro atoms. The Morgan fingerprint density at radius 1 is 1.64 bits per heavy atom. The smallest absolute Gasteiger partial charge is 0.221 e. The van der Waals surface area contributed by atoms with Gasteiger partial charge < -0.3 is 4.42 Å². The summed E-state index contributed by atoms with van der Waals surface area (Å²) >= 11 is 5.16. The number of furan rings is 1. The van der Waals surface area contributed by atoms with Crippen LogP contribution in [0.25, 0.3) is 0 Å². The van der Waals surface area contributed by atoms with Gasteiger partial charge in [-0.2, -0.15) is 0 Å². The summed E-state index contributed by atoms with van der Waals surface area (Å²) < 4.78 is 4.85. The van der Waals surface area contributed by atoms with Crippen LogP contribution in [0.1, 0.15) is 18.4 Å². The molecule has 1 aromatic heterocycles. The molecule has 0 atom stereocenters. The Morgan fingerprint density at radius 2 is 2.45 bits per heavy atom. The van der Waals surface area contributed by atoms with E-state index in [1.54, 1.807) is 12.5 Å². The average molecular weight is 173 g/mol. The molecule has 1 rings (SSSR count). The Labute approximate surface area is 70.2 Å². The molecular formula is C8H9ClO2. The standard InChI is InChI=1S/C8H9ClO2/c9-8(10)3-1-2-7-4-5-11-6-7/h4-6H,1-3H2. The molecule has 0 N–H and O–H groups in total. The molecule has 0 bridgehead atoms. The van der Waals surface area contributed by atoms with Crippen LogP contribution in [0.15, 0.2) is 23.0 Å². The molecule has 0 unspecified atom stereocenters. The summed E-state index contributed by atoms with van der Waals surface area (Å²) in [5.41, 5.74) is 1.11. The zero-order chi connectivity index (χ0) is 8.10. The number of hydrogen-bond donors (Lipinski definition) is 0. The fourth-order valence-electron chi connectivity index (χ4n) is 0.866. The predicted octanol–water partition coefficient (Wildman–Crippen LogP) is 2.37. The Hall–Kier alpha value is -0.760. The summed E-state index contributed by atoms with van der Waals surface area (Å²) in [5, 5.41) is -0.270. The lowest BCUT2D eigenvalue weighted by Crippen LogP contribution is -1.88. The SMILES string of the molecule is O=C(Cl)CCCc1ccoc1. The molecule has 0 fully saturated rings. The first-order chi connectivity index (χ1) is 5.29. The van der Waals surface area contributed by atoms with Crippen LogP contribution in [-0.4, -0.2) is 5.24 Å². The molecule has 11 heavy (non-hydrogen) atoms. The maximum atomic E-state index is 10.3. The van der Waals surface area contributed by atoms with E-state index in [9.17, 15) is 4.79 Å². The third-order valence-corrected chi connectivity index (χ3v) is 1.61. The maximum Gasteiger partial charge on any atom is 0.221 e. The van der Waals surface area contributed by atoms with Crippen molar-refractivity contribution >= 4 is 16.8 Å². The highest BCUT2D eigenvalue weighted by Gasteiger charge is 1.97. The van der Waals surface area contributed by atoms with Gasteiger partial charge in [-0.25, -0.2) is 0 Å². The predicted molar refractivity (Wildman–Crippen MR) is 42.5 cm³/mol. The van der Waals surface area contributed by atoms with E-state index in [0.29, 0.717) is 6.42 Å². The Morgan fingerprint density at radius 3 is 3.00 bits per heavy atom. The van der Waals surface area contributed by atoms with E-state index < -0.39 is 0 Å². The monoisotopic (exact) mass is 172 g/mol. The minimum absolute atomic E-state index is 0.270. The first kappa shape index (κ1) is 8.34. The minimum atomic E-state index is -0.270. The third kappa shape index (κ3) is 3.23. The fraction of sp³-hybridized carbons (Fsp3) is 0.375. The summed E-state index contributed by atoms with van der Waals surface area (Å²) in [6.07, 6.45) is 5.39. The Kier molecular flexibility index (Phi) is 3.17. The quantitative estimate of drug-likeness (QED) is 0.653. The maximum absolute atomic E-state index is 10.3. The van der Waals surface area contributed by atoms with E-state index >= 15 is 0 Å². The summed E-state index contributed by atoms with van der Waals surface area (Å²) in [6, 6.07) is 1.89. The van der Waals surface area contributed by atoms with Crippen molar-refractivity contribution in [3.63, 3.8) is 0 Å². The number of carbonyl (C=O) groups is 1. The van der Waals surface area contributed by atoms with Crippen molar-refractivity contribution in [1.82, 2.24) is 0 Å². The summed E-state index contributed by atoms with van der Waals surface area (Å²) in [4.78, 5) is 10.3. The normalized spacial score (nSPS) is 9.91. The molecule has 0 aliphatic heterocycles. The van der Waals surface area contributed by atoms with E-state index in [1.807, 2.05) is 6.07 Å². The third-order valence-electron chi connectivity index (χ3n) is 1.42. The molecule has 0 saturated carbocycles. The van der Waals surface area contributed by atoms with Crippen molar-refractivity contribution < 1.29 is 9.21 Å². The molecule has 0 aliphatic rings. The first-order valence-corrected chi connectivity index (χ1v) is 3.86. The van der Waals surface area contributed by atoms with Crippen molar-refractivity contribution in [2.24, 2.45) is 0 Å². The lowest BCUT2D eigenvalue weighted by molar-refractivity contribution is -0.111. The molecule has 0 aromatic carbocycles. The van der Waals surface area contributed by atoms with Crippen molar-refractivity contribution in [3.05, 3.63) is 24.2 Å². The van der Waals surface area contributed by atoms with Gasteiger partial charge in [0.2, 0.25) is 5.24 Å². The van der Waals surface area contributed by atoms with Crippen molar-refractivity contribution in [2.75, 3.05) is 0 Å². The number of carbonyl (C=O) groups excluding carboxylic acids is 1. The summed E-state index contributed by atoms with van der Waals surface area (Å²) in [6.45, 7) is 0. The average Bonchev–Trinajstić information content (AvgIpc) is 2.39. The molecule has 0 saturated heterocycles. The van der Waals surface area contributed by atoms with Crippen LogP contribution in [-0.2, 0) is 11.2 Å². The van der Waals surface area contributed by atoms with Gasteiger partial charge in [-0.1, -0.05) is 0 Å². The molecule has 1 aromatic rings. The van der Waals surface area contributed by atoms with Crippen molar-refractivity contribution in [2.45, 2.75) is 19.3 Å². The highest BCUT2D eigenvalue weighted by atomic mass is 35.5. The van der Waals surface area contributed by atoms with Gasteiger partial charge in [0.1, 0.15) is 0 Å². The molecule has 0 radical (unpaired) electrons. The Bertz CT molecular complexity index is 216. The van der Waals surface area contributed by atoms with Gasteiger partial charge in [0.15, 0.2) is 0 Å². The van der Waals surface area contributed by atoms with Gasteiger partial charge >= 0.3 is 0 Å². The van der Waals surface area contributed by atoms with Gasteiger partial charge in [0.25, 0.3) is 0 Å². The summed E-state index contributed by atoms with van der Waals surface area (Å²) in [5.74, 6) is 0. The molecule has 0 amide bonds. The molecule has 60 valence electrons.